The Morgan fingerprint density at radius 3 is 2.38 bits per heavy atom. The zero-order chi connectivity index (χ0) is 19.3. The summed E-state index contributed by atoms with van der Waals surface area (Å²) >= 11 is 17.7. The summed E-state index contributed by atoms with van der Waals surface area (Å²) in [6.45, 7) is -0.539. The number of halogens is 3. The van der Waals surface area contributed by atoms with Crippen LogP contribution in [0, 0.1) is 0 Å². The second-order valence-corrected chi connectivity index (χ2v) is 8.25. The van der Waals surface area contributed by atoms with E-state index in [1.54, 1.807) is 0 Å². The predicted molar refractivity (Wildman–Crippen MR) is 96.1 cm³/mol. The fraction of sp³-hybridized carbons (Fsp3) is 0.267. The van der Waals surface area contributed by atoms with Crippen LogP contribution in [0.4, 0.5) is 0 Å². The van der Waals surface area contributed by atoms with E-state index in [9.17, 15) is 9.36 Å². The first-order chi connectivity index (χ1) is 12.3. The largest absolute Gasteiger partial charge is 0.480 e. The van der Waals surface area contributed by atoms with Gasteiger partial charge in [-0.3, -0.25) is 4.57 Å². The van der Waals surface area contributed by atoms with Crippen molar-refractivity contribution in [3.8, 4) is 5.75 Å². The van der Waals surface area contributed by atoms with Gasteiger partial charge in [0.05, 0.1) is 21.3 Å². The second-order valence-electron chi connectivity index (χ2n) is 4.75. The molecule has 0 radical (unpaired) electrons. The van der Waals surface area contributed by atoms with Crippen molar-refractivity contribution in [2.75, 3.05) is 20.8 Å². The van der Waals surface area contributed by atoms with Gasteiger partial charge in [0, 0.05) is 20.3 Å². The molecule has 0 spiro atoms. The number of ether oxygens (including phenoxy) is 2. The maximum atomic E-state index is 12.6. The minimum atomic E-state index is -3.81. The van der Waals surface area contributed by atoms with Crippen molar-refractivity contribution in [2.24, 2.45) is 0 Å². The van der Waals surface area contributed by atoms with Gasteiger partial charge in [0.1, 0.15) is 5.75 Å². The van der Waals surface area contributed by atoms with E-state index in [-0.39, 0.29) is 26.6 Å². The van der Waals surface area contributed by atoms with Gasteiger partial charge >= 0.3 is 13.6 Å². The molecule has 1 unspecified atom stereocenters. The third-order valence-electron chi connectivity index (χ3n) is 3.15. The SMILES string of the molecule is COP(=O)(OC)C(OC(=O)COc1cc(Cl)c(Cl)cc1Cl)c1ccco1. The lowest BCUT2D eigenvalue weighted by Gasteiger charge is -2.22. The molecule has 0 saturated carbocycles. The van der Waals surface area contributed by atoms with E-state index >= 15 is 0 Å². The molecular weight excluding hydrogens is 429 g/mol. The predicted octanol–water partition coefficient (Wildman–Crippen LogP) is 5.35. The summed E-state index contributed by atoms with van der Waals surface area (Å²) < 4.78 is 38.0. The molecule has 26 heavy (non-hydrogen) atoms. The van der Waals surface area contributed by atoms with Gasteiger partial charge in [-0.25, -0.2) is 4.79 Å². The number of hydrogen-bond donors (Lipinski definition) is 0. The van der Waals surface area contributed by atoms with Crippen LogP contribution in [-0.4, -0.2) is 26.8 Å². The highest BCUT2D eigenvalue weighted by molar-refractivity contribution is 7.54. The molecule has 7 nitrogen and oxygen atoms in total. The normalized spacial score (nSPS) is 12.7. The van der Waals surface area contributed by atoms with Crippen molar-refractivity contribution in [3.05, 3.63) is 51.4 Å². The summed E-state index contributed by atoms with van der Waals surface area (Å²) in [6.07, 6.45) is 1.33. The summed E-state index contributed by atoms with van der Waals surface area (Å²) in [5.74, 6) is -2.03. The standard InChI is InChI=1S/C15H14Cl3O7P/c1-21-26(20,22-2)15(12-4-3-5-23-12)25-14(19)8-24-13-7-10(17)9(16)6-11(13)18/h3-7,15H,8H2,1-2H3. The number of furan rings is 1. The van der Waals surface area contributed by atoms with Crippen molar-refractivity contribution in [3.63, 3.8) is 0 Å². The van der Waals surface area contributed by atoms with Crippen LogP contribution < -0.4 is 4.74 Å². The summed E-state index contributed by atoms with van der Waals surface area (Å²) in [7, 11) is -1.48. The zero-order valence-corrected chi connectivity index (χ0v) is 16.8. The van der Waals surface area contributed by atoms with Gasteiger partial charge in [0.15, 0.2) is 12.4 Å². The Morgan fingerprint density at radius 1 is 1.15 bits per heavy atom. The smallest absolute Gasteiger partial charge is 0.378 e. The summed E-state index contributed by atoms with van der Waals surface area (Å²) in [6, 6.07) is 5.75. The average Bonchev–Trinajstić information content (AvgIpc) is 3.15. The highest BCUT2D eigenvalue weighted by Gasteiger charge is 2.41. The molecule has 2 aromatic rings. The highest BCUT2D eigenvalue weighted by atomic mass is 35.5. The number of carbonyl (C=O) groups is 1. The Kier molecular flexibility index (Phi) is 7.41. The summed E-state index contributed by atoms with van der Waals surface area (Å²) in [4.78, 5) is 12.1. The van der Waals surface area contributed by atoms with Crippen LogP contribution >= 0.6 is 42.4 Å². The van der Waals surface area contributed by atoms with Crippen LogP contribution in [0.5, 0.6) is 5.75 Å². The molecule has 0 fully saturated rings. The maximum absolute atomic E-state index is 12.6. The minimum Gasteiger partial charge on any atom is -0.480 e. The lowest BCUT2D eigenvalue weighted by atomic mass is 10.3. The first-order valence-corrected chi connectivity index (χ1v) is 9.76. The molecule has 1 heterocycles. The van der Waals surface area contributed by atoms with E-state index in [1.807, 2.05) is 0 Å². The van der Waals surface area contributed by atoms with Gasteiger partial charge in [-0.15, -0.1) is 0 Å². The van der Waals surface area contributed by atoms with Crippen LogP contribution in [-0.2, 0) is 23.1 Å². The Labute approximate surface area is 164 Å². The third-order valence-corrected chi connectivity index (χ3v) is 6.12. The molecule has 1 atom stereocenters. The molecule has 0 amide bonds. The minimum absolute atomic E-state index is 0.0953. The van der Waals surface area contributed by atoms with Crippen molar-refractivity contribution in [2.45, 2.75) is 5.85 Å². The van der Waals surface area contributed by atoms with Crippen LogP contribution in [0.15, 0.2) is 34.9 Å². The molecule has 0 bridgehead atoms. The maximum Gasteiger partial charge on any atom is 0.378 e. The fourth-order valence-corrected chi connectivity index (χ4v) is 3.72. The van der Waals surface area contributed by atoms with Crippen LogP contribution in [0.2, 0.25) is 15.1 Å². The second kappa shape index (κ2) is 9.13. The number of esters is 1. The molecule has 0 saturated heterocycles. The average molecular weight is 444 g/mol. The van der Waals surface area contributed by atoms with E-state index in [0.29, 0.717) is 0 Å². The van der Waals surface area contributed by atoms with Crippen LogP contribution in [0.25, 0.3) is 0 Å². The Balaban J connectivity index is 2.11. The fourth-order valence-electron chi connectivity index (χ4n) is 1.89. The number of benzene rings is 1. The van der Waals surface area contributed by atoms with Gasteiger partial charge < -0.3 is 22.9 Å². The van der Waals surface area contributed by atoms with E-state index < -0.39 is 26.0 Å². The van der Waals surface area contributed by atoms with Crippen molar-refractivity contribution in [1.82, 2.24) is 0 Å². The third kappa shape index (κ3) is 4.94. The number of hydrogen-bond acceptors (Lipinski definition) is 7. The molecule has 1 aromatic heterocycles. The molecule has 1 aromatic carbocycles. The molecular formula is C15H14Cl3O7P. The molecule has 0 N–H and O–H groups in total. The van der Waals surface area contributed by atoms with Crippen molar-refractivity contribution in [1.29, 1.82) is 0 Å². The number of carbonyl (C=O) groups excluding carboxylic acids is 1. The molecule has 2 rings (SSSR count). The molecule has 0 aliphatic heterocycles. The van der Waals surface area contributed by atoms with Crippen LogP contribution in [0.1, 0.15) is 11.6 Å². The van der Waals surface area contributed by atoms with Gasteiger partial charge in [-0.05, 0) is 18.2 Å². The Bertz CT molecular complexity index is 802. The van der Waals surface area contributed by atoms with E-state index in [4.69, 9.17) is 57.7 Å². The lowest BCUT2D eigenvalue weighted by molar-refractivity contribution is -0.149. The van der Waals surface area contributed by atoms with Crippen molar-refractivity contribution >= 4 is 48.4 Å². The molecule has 0 aliphatic rings. The monoisotopic (exact) mass is 442 g/mol. The topological polar surface area (TPSA) is 84.2 Å². The summed E-state index contributed by atoms with van der Waals surface area (Å²) in [5.41, 5.74) is 0. The molecule has 0 aliphatic carbocycles. The van der Waals surface area contributed by atoms with Gasteiger partial charge in [0.2, 0.25) is 0 Å². The summed E-state index contributed by atoms with van der Waals surface area (Å²) in [5, 5.41) is 0.607. The van der Waals surface area contributed by atoms with Gasteiger partial charge in [-0.2, -0.15) is 0 Å². The molecule has 142 valence electrons. The molecule has 11 heteroatoms. The van der Waals surface area contributed by atoms with Gasteiger partial charge in [-0.1, -0.05) is 34.8 Å². The van der Waals surface area contributed by atoms with E-state index in [0.717, 1.165) is 0 Å². The van der Waals surface area contributed by atoms with E-state index in [1.165, 1.54) is 44.7 Å². The zero-order valence-electron chi connectivity index (χ0n) is 13.6. The first kappa shape index (κ1) is 21.1. The van der Waals surface area contributed by atoms with E-state index in [2.05, 4.69) is 0 Å². The van der Waals surface area contributed by atoms with Gasteiger partial charge in [0.25, 0.3) is 5.85 Å². The Morgan fingerprint density at radius 2 is 1.81 bits per heavy atom. The Hall–Kier alpha value is -1.21. The number of rotatable bonds is 8. The van der Waals surface area contributed by atoms with Crippen LogP contribution in [0.3, 0.4) is 0 Å². The lowest BCUT2D eigenvalue weighted by Crippen LogP contribution is -2.19. The van der Waals surface area contributed by atoms with Crippen molar-refractivity contribution < 1.29 is 32.3 Å². The first-order valence-electron chi connectivity index (χ1n) is 7.02. The quantitative estimate of drug-likeness (QED) is 0.309. The highest BCUT2D eigenvalue weighted by Crippen LogP contribution is 2.60.